The molecule has 2 N–H and O–H groups in total. The van der Waals surface area contributed by atoms with Gasteiger partial charge in [-0.15, -0.1) is 0 Å². The van der Waals surface area contributed by atoms with E-state index in [4.69, 9.17) is 5.11 Å². The van der Waals surface area contributed by atoms with Crippen LogP contribution in [-0.2, 0) is 6.42 Å². The van der Waals surface area contributed by atoms with Gasteiger partial charge in [0, 0.05) is 6.20 Å². The van der Waals surface area contributed by atoms with Gasteiger partial charge in [0.2, 0.25) is 0 Å². The summed E-state index contributed by atoms with van der Waals surface area (Å²) in [4.78, 5) is 13.2. The number of carboxylic acids is 1. The second-order valence-electron chi connectivity index (χ2n) is 2.43. The maximum atomic E-state index is 10.5. The molecule has 0 bridgehead atoms. The molecule has 11 heavy (non-hydrogen) atoms. The number of hydrogen-bond donors (Lipinski definition) is 2. The van der Waals surface area contributed by atoms with Crippen molar-refractivity contribution in [1.82, 2.24) is 4.98 Å². The molecular formula is C8H11NO2. The lowest BCUT2D eigenvalue weighted by Gasteiger charge is -1.95. The molecule has 1 rings (SSSR count). The van der Waals surface area contributed by atoms with E-state index in [-0.39, 0.29) is 0 Å². The predicted octanol–water partition coefficient (Wildman–Crippen LogP) is 1.67. The molecule has 60 valence electrons. The Balaban J connectivity index is 2.87. The Kier molecular flexibility index (Phi) is 2.31. The summed E-state index contributed by atoms with van der Waals surface area (Å²) in [5.41, 5.74) is 1.21. The van der Waals surface area contributed by atoms with E-state index >= 15 is 0 Å². The number of H-pyrrole nitrogens is 1. The molecular weight excluding hydrogens is 142 g/mol. The number of aromatic nitrogens is 1. The first kappa shape index (κ1) is 7.85. The molecule has 1 heterocycles. The summed E-state index contributed by atoms with van der Waals surface area (Å²) in [6.07, 6.45) is 3.46. The molecule has 3 nitrogen and oxygen atoms in total. The van der Waals surface area contributed by atoms with E-state index in [9.17, 15) is 4.79 Å². The van der Waals surface area contributed by atoms with E-state index in [0.29, 0.717) is 5.69 Å². The van der Waals surface area contributed by atoms with Crippen molar-refractivity contribution in [1.29, 1.82) is 0 Å². The fourth-order valence-electron chi connectivity index (χ4n) is 1.08. The van der Waals surface area contributed by atoms with Gasteiger partial charge >= 0.3 is 5.97 Å². The Morgan fingerprint density at radius 2 is 2.45 bits per heavy atom. The number of carboxylic acid groups (broad SMARTS) is 1. The lowest BCUT2D eigenvalue weighted by molar-refractivity contribution is 0.0690. The molecule has 0 aromatic carbocycles. The van der Waals surface area contributed by atoms with Gasteiger partial charge < -0.3 is 10.1 Å². The van der Waals surface area contributed by atoms with Crippen molar-refractivity contribution in [2.75, 3.05) is 0 Å². The van der Waals surface area contributed by atoms with Gasteiger partial charge in [-0.1, -0.05) is 13.3 Å². The van der Waals surface area contributed by atoms with Crippen molar-refractivity contribution in [3.05, 3.63) is 23.5 Å². The Hall–Kier alpha value is -1.25. The van der Waals surface area contributed by atoms with Crippen LogP contribution in [0.4, 0.5) is 0 Å². The molecule has 0 fully saturated rings. The molecule has 1 aromatic rings. The topological polar surface area (TPSA) is 53.1 Å². The summed E-state index contributed by atoms with van der Waals surface area (Å²) < 4.78 is 0. The third-order valence-electron chi connectivity index (χ3n) is 1.57. The Labute approximate surface area is 65.1 Å². The quantitative estimate of drug-likeness (QED) is 0.693. The van der Waals surface area contributed by atoms with Crippen molar-refractivity contribution in [2.24, 2.45) is 0 Å². The van der Waals surface area contributed by atoms with Gasteiger partial charge in [-0.25, -0.2) is 4.79 Å². The number of aryl methyl sites for hydroxylation is 1. The molecule has 0 radical (unpaired) electrons. The van der Waals surface area contributed by atoms with Crippen LogP contribution in [0.2, 0.25) is 0 Å². The first-order valence-corrected chi connectivity index (χ1v) is 3.65. The van der Waals surface area contributed by atoms with E-state index in [2.05, 4.69) is 4.98 Å². The van der Waals surface area contributed by atoms with Crippen LogP contribution in [0.15, 0.2) is 12.3 Å². The third kappa shape index (κ3) is 1.61. The summed E-state index contributed by atoms with van der Waals surface area (Å²) in [6.45, 7) is 2.03. The van der Waals surface area contributed by atoms with Crippen molar-refractivity contribution in [3.8, 4) is 0 Å². The average Bonchev–Trinajstić information content (AvgIpc) is 2.36. The number of aromatic amines is 1. The standard InChI is InChI=1S/C8H11NO2/c1-2-3-6-4-5-9-7(6)8(10)11/h4-5,9H,2-3H2,1H3,(H,10,11). The smallest absolute Gasteiger partial charge is 0.352 e. The van der Waals surface area contributed by atoms with Crippen LogP contribution >= 0.6 is 0 Å². The number of carbonyl (C=O) groups is 1. The van der Waals surface area contributed by atoms with Gasteiger partial charge in [-0.3, -0.25) is 0 Å². The minimum Gasteiger partial charge on any atom is -0.477 e. The minimum atomic E-state index is -0.876. The second-order valence-corrected chi connectivity index (χ2v) is 2.43. The van der Waals surface area contributed by atoms with Crippen LogP contribution in [0.1, 0.15) is 29.4 Å². The molecule has 0 aliphatic heterocycles. The summed E-state index contributed by atoms with van der Waals surface area (Å²) >= 11 is 0. The maximum absolute atomic E-state index is 10.5. The predicted molar refractivity (Wildman–Crippen MR) is 41.7 cm³/mol. The highest BCUT2D eigenvalue weighted by Gasteiger charge is 2.08. The highest BCUT2D eigenvalue weighted by molar-refractivity contribution is 5.87. The number of hydrogen-bond acceptors (Lipinski definition) is 1. The Morgan fingerprint density at radius 1 is 1.73 bits per heavy atom. The van der Waals surface area contributed by atoms with E-state index in [1.807, 2.05) is 13.0 Å². The molecule has 0 unspecified atom stereocenters. The molecule has 0 aliphatic rings. The molecule has 0 spiro atoms. The normalized spacial score (nSPS) is 9.91. The van der Waals surface area contributed by atoms with Crippen LogP contribution in [0.5, 0.6) is 0 Å². The second kappa shape index (κ2) is 3.23. The van der Waals surface area contributed by atoms with Gasteiger partial charge in [-0.05, 0) is 18.1 Å². The third-order valence-corrected chi connectivity index (χ3v) is 1.57. The fourth-order valence-corrected chi connectivity index (χ4v) is 1.08. The molecule has 0 saturated carbocycles. The van der Waals surface area contributed by atoms with Crippen molar-refractivity contribution in [2.45, 2.75) is 19.8 Å². The zero-order valence-corrected chi connectivity index (χ0v) is 6.42. The first-order chi connectivity index (χ1) is 5.25. The Bertz CT molecular complexity index is 252. The fraction of sp³-hybridized carbons (Fsp3) is 0.375. The lowest BCUT2D eigenvalue weighted by atomic mass is 10.1. The first-order valence-electron chi connectivity index (χ1n) is 3.65. The Morgan fingerprint density at radius 3 is 3.00 bits per heavy atom. The van der Waals surface area contributed by atoms with E-state index in [1.165, 1.54) is 0 Å². The zero-order chi connectivity index (χ0) is 8.27. The van der Waals surface area contributed by atoms with E-state index < -0.39 is 5.97 Å². The molecule has 0 amide bonds. The van der Waals surface area contributed by atoms with Gasteiger partial charge in [0.15, 0.2) is 0 Å². The molecule has 0 saturated heterocycles. The van der Waals surface area contributed by atoms with Gasteiger partial charge in [0.1, 0.15) is 5.69 Å². The zero-order valence-electron chi connectivity index (χ0n) is 6.42. The maximum Gasteiger partial charge on any atom is 0.352 e. The van der Waals surface area contributed by atoms with Crippen LogP contribution < -0.4 is 0 Å². The van der Waals surface area contributed by atoms with Crippen LogP contribution in [0.25, 0.3) is 0 Å². The number of aromatic carboxylic acids is 1. The summed E-state index contributed by atoms with van der Waals surface area (Å²) in [6, 6.07) is 1.81. The minimum absolute atomic E-state index is 0.326. The summed E-state index contributed by atoms with van der Waals surface area (Å²) in [5.74, 6) is -0.876. The van der Waals surface area contributed by atoms with Gasteiger partial charge in [0.05, 0.1) is 0 Å². The number of rotatable bonds is 3. The van der Waals surface area contributed by atoms with Gasteiger partial charge in [0.25, 0.3) is 0 Å². The highest BCUT2D eigenvalue weighted by atomic mass is 16.4. The summed E-state index contributed by atoms with van der Waals surface area (Å²) in [5, 5.41) is 8.65. The highest BCUT2D eigenvalue weighted by Crippen LogP contribution is 2.08. The summed E-state index contributed by atoms with van der Waals surface area (Å²) in [7, 11) is 0. The van der Waals surface area contributed by atoms with Crippen molar-refractivity contribution >= 4 is 5.97 Å². The van der Waals surface area contributed by atoms with Crippen LogP contribution in [-0.4, -0.2) is 16.1 Å². The van der Waals surface area contributed by atoms with E-state index in [1.54, 1.807) is 6.20 Å². The largest absolute Gasteiger partial charge is 0.477 e. The number of nitrogens with one attached hydrogen (secondary N) is 1. The van der Waals surface area contributed by atoms with E-state index in [0.717, 1.165) is 18.4 Å². The monoisotopic (exact) mass is 153 g/mol. The lowest BCUT2D eigenvalue weighted by Crippen LogP contribution is -2.00. The molecule has 3 heteroatoms. The SMILES string of the molecule is CCCc1cc[nH]c1C(=O)O. The average molecular weight is 153 g/mol. The van der Waals surface area contributed by atoms with Crippen LogP contribution in [0, 0.1) is 0 Å². The van der Waals surface area contributed by atoms with Gasteiger partial charge in [-0.2, -0.15) is 0 Å². The molecule has 1 aromatic heterocycles. The van der Waals surface area contributed by atoms with Crippen molar-refractivity contribution in [3.63, 3.8) is 0 Å². The van der Waals surface area contributed by atoms with Crippen LogP contribution in [0.3, 0.4) is 0 Å². The van der Waals surface area contributed by atoms with Crippen molar-refractivity contribution < 1.29 is 9.90 Å². The molecule has 0 aliphatic carbocycles. The molecule has 0 atom stereocenters.